The van der Waals surface area contributed by atoms with Gasteiger partial charge in [-0.3, -0.25) is 14.5 Å². The monoisotopic (exact) mass is 346 g/mol. The maximum atomic E-state index is 12.3. The van der Waals surface area contributed by atoms with E-state index in [2.05, 4.69) is 42.3 Å². The van der Waals surface area contributed by atoms with Gasteiger partial charge in [0.05, 0.1) is 25.1 Å². The number of ether oxygens (including phenoxy) is 1. The van der Waals surface area contributed by atoms with Crippen molar-refractivity contribution in [1.29, 1.82) is 0 Å². The van der Waals surface area contributed by atoms with E-state index in [1.165, 1.54) is 11.1 Å². The van der Waals surface area contributed by atoms with E-state index < -0.39 is 0 Å². The van der Waals surface area contributed by atoms with E-state index in [0.29, 0.717) is 13.2 Å². The molecule has 2 rings (SSSR count). The molecule has 138 valence electrons. The van der Waals surface area contributed by atoms with Crippen LogP contribution in [0.4, 0.5) is 0 Å². The van der Waals surface area contributed by atoms with Gasteiger partial charge in [0.2, 0.25) is 5.91 Å². The van der Waals surface area contributed by atoms with Crippen LogP contribution in [0.5, 0.6) is 0 Å². The zero-order chi connectivity index (χ0) is 18.4. The van der Waals surface area contributed by atoms with Gasteiger partial charge in [-0.25, -0.2) is 0 Å². The summed E-state index contributed by atoms with van der Waals surface area (Å²) in [4.78, 5) is 26.2. The first-order valence-corrected chi connectivity index (χ1v) is 9.16. The minimum absolute atomic E-state index is 0.0103. The van der Waals surface area contributed by atoms with Gasteiger partial charge >= 0.3 is 5.97 Å². The summed E-state index contributed by atoms with van der Waals surface area (Å²) in [5.41, 5.74) is 3.61. The van der Waals surface area contributed by atoms with E-state index in [-0.39, 0.29) is 23.8 Å². The maximum absolute atomic E-state index is 12.3. The number of hydrogen-bond acceptors (Lipinski definition) is 4. The Bertz CT molecular complexity index is 607. The summed E-state index contributed by atoms with van der Waals surface area (Å²) in [5.74, 6) is -0.0935. The van der Waals surface area contributed by atoms with Crippen molar-refractivity contribution in [1.82, 2.24) is 10.2 Å². The molecule has 0 aromatic heterocycles. The summed E-state index contributed by atoms with van der Waals surface area (Å²) in [7, 11) is 0. The number of amides is 1. The number of hydrogen-bond donors (Lipinski definition) is 1. The van der Waals surface area contributed by atoms with Crippen LogP contribution in [0.15, 0.2) is 18.2 Å². The molecule has 1 aliphatic rings. The van der Waals surface area contributed by atoms with Crippen LogP contribution >= 0.6 is 0 Å². The topological polar surface area (TPSA) is 58.6 Å². The molecular weight excluding hydrogens is 316 g/mol. The minimum atomic E-state index is -0.102. The van der Waals surface area contributed by atoms with Crippen molar-refractivity contribution < 1.29 is 14.3 Å². The van der Waals surface area contributed by atoms with Gasteiger partial charge in [-0.15, -0.1) is 0 Å². The smallest absolute Gasteiger partial charge is 0.309 e. The Balaban J connectivity index is 1.79. The number of aryl methyl sites for hydroxylation is 2. The first kappa shape index (κ1) is 19.4. The van der Waals surface area contributed by atoms with Gasteiger partial charge in [0.1, 0.15) is 0 Å². The molecule has 1 saturated heterocycles. The molecule has 1 N–H and O–H groups in total. The lowest BCUT2D eigenvalue weighted by Crippen LogP contribution is -2.43. The van der Waals surface area contributed by atoms with Gasteiger partial charge in [-0.05, 0) is 70.3 Å². The molecule has 25 heavy (non-hydrogen) atoms. The molecule has 0 aliphatic carbocycles. The Kier molecular flexibility index (Phi) is 7.00. The van der Waals surface area contributed by atoms with E-state index >= 15 is 0 Å². The number of benzene rings is 1. The third kappa shape index (κ3) is 5.56. The normalized spacial score (nSPS) is 17.1. The Labute approximate surface area is 150 Å². The number of nitrogens with one attached hydrogen (secondary N) is 1. The molecule has 1 fully saturated rings. The van der Waals surface area contributed by atoms with Crippen molar-refractivity contribution >= 4 is 11.9 Å². The van der Waals surface area contributed by atoms with E-state index in [1.54, 1.807) is 0 Å². The van der Waals surface area contributed by atoms with Crippen molar-refractivity contribution in [3.05, 3.63) is 34.9 Å². The van der Waals surface area contributed by atoms with Crippen LogP contribution in [0.2, 0.25) is 0 Å². The number of likely N-dealkylation sites (tertiary alicyclic amines) is 1. The van der Waals surface area contributed by atoms with Gasteiger partial charge in [-0.1, -0.05) is 18.2 Å². The molecule has 1 heterocycles. The lowest BCUT2D eigenvalue weighted by Gasteiger charge is -2.30. The zero-order valence-corrected chi connectivity index (χ0v) is 15.8. The molecule has 0 spiro atoms. The van der Waals surface area contributed by atoms with Gasteiger partial charge in [-0.2, -0.15) is 0 Å². The van der Waals surface area contributed by atoms with E-state index in [9.17, 15) is 9.59 Å². The predicted molar refractivity (Wildman–Crippen MR) is 98.3 cm³/mol. The molecule has 1 amide bonds. The first-order chi connectivity index (χ1) is 11.9. The summed E-state index contributed by atoms with van der Waals surface area (Å²) in [6, 6.07) is 6.28. The molecule has 0 radical (unpaired) electrons. The molecule has 5 nitrogen and oxygen atoms in total. The quantitative estimate of drug-likeness (QED) is 0.805. The second kappa shape index (κ2) is 8.99. The van der Waals surface area contributed by atoms with Crippen molar-refractivity contribution in [3.8, 4) is 0 Å². The summed E-state index contributed by atoms with van der Waals surface area (Å²) in [6.07, 6.45) is 1.53. The molecule has 0 unspecified atom stereocenters. The lowest BCUT2D eigenvalue weighted by atomic mass is 9.97. The van der Waals surface area contributed by atoms with Crippen LogP contribution in [-0.2, 0) is 14.3 Å². The summed E-state index contributed by atoms with van der Waals surface area (Å²) in [6.45, 7) is 10.3. The Morgan fingerprint density at radius 3 is 2.52 bits per heavy atom. The molecule has 1 aliphatic heterocycles. The van der Waals surface area contributed by atoms with Crippen LogP contribution in [0.25, 0.3) is 0 Å². The van der Waals surface area contributed by atoms with Crippen LogP contribution in [0.3, 0.4) is 0 Å². The lowest BCUT2D eigenvalue weighted by molar-refractivity contribution is -0.149. The highest BCUT2D eigenvalue weighted by Gasteiger charge is 2.27. The van der Waals surface area contributed by atoms with E-state index in [4.69, 9.17) is 4.74 Å². The van der Waals surface area contributed by atoms with Gasteiger partial charge in [0.25, 0.3) is 0 Å². The summed E-state index contributed by atoms with van der Waals surface area (Å²) in [5, 5.41) is 3.07. The zero-order valence-electron chi connectivity index (χ0n) is 15.8. The Morgan fingerprint density at radius 1 is 1.24 bits per heavy atom. The van der Waals surface area contributed by atoms with E-state index in [0.717, 1.165) is 31.5 Å². The highest BCUT2D eigenvalue weighted by atomic mass is 16.5. The molecular formula is C20H30N2O3. The van der Waals surface area contributed by atoms with Crippen molar-refractivity contribution in [2.45, 2.75) is 46.6 Å². The highest BCUT2D eigenvalue weighted by molar-refractivity contribution is 5.78. The Hall–Kier alpha value is -1.88. The fourth-order valence-electron chi connectivity index (χ4n) is 3.19. The predicted octanol–water partition coefficient (Wildman–Crippen LogP) is 2.76. The third-order valence-electron chi connectivity index (χ3n) is 4.98. The van der Waals surface area contributed by atoms with Gasteiger partial charge < -0.3 is 10.1 Å². The van der Waals surface area contributed by atoms with Crippen LogP contribution in [0.1, 0.15) is 49.4 Å². The van der Waals surface area contributed by atoms with Crippen molar-refractivity contribution in [2.75, 3.05) is 26.2 Å². The van der Waals surface area contributed by atoms with Crippen LogP contribution < -0.4 is 5.32 Å². The van der Waals surface area contributed by atoms with E-state index in [1.807, 2.05) is 13.8 Å². The molecule has 0 saturated carbocycles. The summed E-state index contributed by atoms with van der Waals surface area (Å²) >= 11 is 0. The largest absolute Gasteiger partial charge is 0.466 e. The first-order valence-electron chi connectivity index (χ1n) is 9.16. The number of carbonyl (C=O) groups excluding carboxylic acids is 2. The molecule has 1 atom stereocenters. The van der Waals surface area contributed by atoms with Gasteiger partial charge in [0.15, 0.2) is 0 Å². The third-order valence-corrected chi connectivity index (χ3v) is 4.98. The minimum Gasteiger partial charge on any atom is -0.466 e. The van der Waals surface area contributed by atoms with Crippen LogP contribution in [-0.4, -0.2) is 43.0 Å². The second-order valence-corrected chi connectivity index (χ2v) is 6.94. The number of rotatable bonds is 6. The number of piperidine rings is 1. The second-order valence-electron chi connectivity index (χ2n) is 6.94. The fraction of sp³-hybridized carbons (Fsp3) is 0.600. The summed E-state index contributed by atoms with van der Waals surface area (Å²) < 4.78 is 5.08. The molecule has 5 heteroatoms. The number of nitrogens with zero attached hydrogens (tertiary/aromatic N) is 1. The molecule has 0 bridgehead atoms. The SMILES string of the molecule is CCOC(=O)C1CCN(CC(=O)N[C@@H](C)c2ccc(C)c(C)c2)CC1. The molecule has 1 aromatic rings. The van der Waals surface area contributed by atoms with Gasteiger partial charge in [0, 0.05) is 0 Å². The highest BCUT2D eigenvalue weighted by Crippen LogP contribution is 2.19. The molecule has 1 aromatic carbocycles. The fourth-order valence-corrected chi connectivity index (χ4v) is 3.19. The maximum Gasteiger partial charge on any atom is 0.309 e. The van der Waals surface area contributed by atoms with Crippen molar-refractivity contribution in [2.24, 2.45) is 5.92 Å². The number of esters is 1. The van der Waals surface area contributed by atoms with Crippen LogP contribution in [0, 0.1) is 19.8 Å². The van der Waals surface area contributed by atoms with Crippen molar-refractivity contribution in [3.63, 3.8) is 0 Å². The average Bonchev–Trinajstić information content (AvgIpc) is 2.58. The Morgan fingerprint density at radius 2 is 1.92 bits per heavy atom. The average molecular weight is 346 g/mol. The standard InChI is InChI=1S/C20H30N2O3/c1-5-25-20(24)17-8-10-22(11-9-17)13-19(23)21-16(4)18-7-6-14(2)15(3)12-18/h6-7,12,16-17H,5,8-11,13H2,1-4H3,(H,21,23)/t16-/m0/s1. The number of carbonyl (C=O) groups is 2.